The van der Waals surface area contributed by atoms with Gasteiger partial charge >= 0.3 is 0 Å². The highest BCUT2D eigenvalue weighted by atomic mass is 79.9. The van der Waals surface area contributed by atoms with Gasteiger partial charge in [-0.15, -0.1) is 0 Å². The predicted octanol–water partition coefficient (Wildman–Crippen LogP) is 4.43. The van der Waals surface area contributed by atoms with Gasteiger partial charge < -0.3 is 4.90 Å². The Kier molecular flexibility index (Phi) is 7.98. The van der Waals surface area contributed by atoms with Gasteiger partial charge in [-0.25, -0.2) is 9.97 Å². The molecule has 0 atom stereocenters. The van der Waals surface area contributed by atoms with Crippen molar-refractivity contribution in [2.75, 3.05) is 18.0 Å². The molecule has 0 bridgehead atoms. The summed E-state index contributed by atoms with van der Waals surface area (Å²) < 4.78 is 0.938. The molecule has 0 saturated carbocycles. The standard InChI is InChI=1S/C14H24BrN3/c1-3-5-7-9-18(10-8-6-4-2)14-16-11-13(15)12-17-14/h11-12H,3-10H2,1-2H3. The number of anilines is 1. The molecular formula is C14H24BrN3. The zero-order chi connectivity index (χ0) is 13.2. The van der Waals surface area contributed by atoms with Crippen molar-refractivity contribution in [1.82, 2.24) is 9.97 Å². The van der Waals surface area contributed by atoms with Crippen LogP contribution in [0.3, 0.4) is 0 Å². The fraction of sp³-hybridized carbons (Fsp3) is 0.714. The van der Waals surface area contributed by atoms with Crippen molar-refractivity contribution in [3.8, 4) is 0 Å². The molecule has 0 radical (unpaired) electrons. The maximum absolute atomic E-state index is 4.40. The normalized spacial score (nSPS) is 10.6. The molecule has 3 nitrogen and oxygen atoms in total. The van der Waals surface area contributed by atoms with E-state index in [4.69, 9.17) is 0 Å². The lowest BCUT2D eigenvalue weighted by molar-refractivity contribution is 0.626. The monoisotopic (exact) mass is 313 g/mol. The molecule has 0 fully saturated rings. The highest BCUT2D eigenvalue weighted by Gasteiger charge is 2.08. The third kappa shape index (κ3) is 5.80. The van der Waals surface area contributed by atoms with Crippen LogP contribution in [0, 0.1) is 0 Å². The summed E-state index contributed by atoms with van der Waals surface area (Å²) in [6, 6.07) is 0. The molecule has 1 heterocycles. The van der Waals surface area contributed by atoms with Gasteiger partial charge in [0.2, 0.25) is 5.95 Å². The van der Waals surface area contributed by atoms with Crippen LogP contribution in [0.25, 0.3) is 0 Å². The number of hydrogen-bond donors (Lipinski definition) is 0. The molecular weight excluding hydrogens is 290 g/mol. The highest BCUT2D eigenvalue weighted by Crippen LogP contribution is 2.13. The fourth-order valence-corrected chi connectivity index (χ4v) is 2.09. The minimum atomic E-state index is 0.866. The molecule has 102 valence electrons. The van der Waals surface area contributed by atoms with Gasteiger partial charge in [-0.1, -0.05) is 39.5 Å². The number of hydrogen-bond acceptors (Lipinski definition) is 3. The molecule has 0 spiro atoms. The van der Waals surface area contributed by atoms with Crippen LogP contribution in [0.5, 0.6) is 0 Å². The molecule has 0 N–H and O–H groups in total. The topological polar surface area (TPSA) is 29.0 Å². The Labute approximate surface area is 119 Å². The number of nitrogens with zero attached hydrogens (tertiary/aromatic N) is 3. The lowest BCUT2D eigenvalue weighted by Crippen LogP contribution is -2.27. The van der Waals surface area contributed by atoms with Crippen LogP contribution in [0.4, 0.5) is 5.95 Å². The Hall–Kier alpha value is -0.640. The number of unbranched alkanes of at least 4 members (excludes halogenated alkanes) is 4. The minimum absolute atomic E-state index is 0.866. The van der Waals surface area contributed by atoms with E-state index in [0.717, 1.165) is 23.5 Å². The summed E-state index contributed by atoms with van der Waals surface area (Å²) in [6.45, 7) is 6.60. The summed E-state index contributed by atoms with van der Waals surface area (Å²) >= 11 is 3.38. The van der Waals surface area contributed by atoms with Crippen molar-refractivity contribution >= 4 is 21.9 Å². The second-order valence-corrected chi connectivity index (χ2v) is 5.52. The van der Waals surface area contributed by atoms with Crippen LogP contribution in [-0.4, -0.2) is 23.1 Å². The van der Waals surface area contributed by atoms with Crippen LogP contribution < -0.4 is 4.90 Å². The summed E-state index contributed by atoms with van der Waals surface area (Å²) in [5.41, 5.74) is 0. The summed E-state index contributed by atoms with van der Waals surface area (Å²) in [5, 5.41) is 0. The first kappa shape index (κ1) is 15.4. The second kappa shape index (κ2) is 9.31. The lowest BCUT2D eigenvalue weighted by Gasteiger charge is -2.22. The van der Waals surface area contributed by atoms with Crippen LogP contribution in [0.2, 0.25) is 0 Å². The Morgan fingerprint density at radius 2 is 1.44 bits per heavy atom. The zero-order valence-corrected chi connectivity index (χ0v) is 13.1. The van der Waals surface area contributed by atoms with Crippen molar-refractivity contribution < 1.29 is 0 Å². The first-order valence-electron chi connectivity index (χ1n) is 7.00. The van der Waals surface area contributed by atoms with E-state index >= 15 is 0 Å². The van der Waals surface area contributed by atoms with Crippen LogP contribution in [0.1, 0.15) is 52.4 Å². The average molecular weight is 314 g/mol. The Morgan fingerprint density at radius 1 is 0.944 bits per heavy atom. The van der Waals surface area contributed by atoms with Crippen molar-refractivity contribution in [2.45, 2.75) is 52.4 Å². The van der Waals surface area contributed by atoms with Gasteiger partial charge in [0.1, 0.15) is 0 Å². The average Bonchev–Trinajstić information content (AvgIpc) is 2.38. The first-order chi connectivity index (χ1) is 8.77. The van der Waals surface area contributed by atoms with E-state index in [1.165, 1.54) is 38.5 Å². The van der Waals surface area contributed by atoms with E-state index in [-0.39, 0.29) is 0 Å². The molecule has 0 aliphatic heterocycles. The lowest BCUT2D eigenvalue weighted by atomic mass is 10.2. The second-order valence-electron chi connectivity index (χ2n) is 4.60. The van der Waals surface area contributed by atoms with Crippen LogP contribution >= 0.6 is 15.9 Å². The zero-order valence-electron chi connectivity index (χ0n) is 11.5. The van der Waals surface area contributed by atoms with E-state index < -0.39 is 0 Å². The van der Waals surface area contributed by atoms with E-state index in [9.17, 15) is 0 Å². The van der Waals surface area contributed by atoms with E-state index in [0.29, 0.717) is 0 Å². The molecule has 1 rings (SSSR count). The molecule has 4 heteroatoms. The van der Waals surface area contributed by atoms with E-state index in [1.54, 1.807) is 0 Å². The van der Waals surface area contributed by atoms with E-state index in [1.807, 2.05) is 12.4 Å². The Balaban J connectivity index is 2.54. The SMILES string of the molecule is CCCCCN(CCCCC)c1ncc(Br)cn1. The summed E-state index contributed by atoms with van der Waals surface area (Å²) in [7, 11) is 0. The van der Waals surface area contributed by atoms with E-state index in [2.05, 4.69) is 44.6 Å². The summed E-state index contributed by atoms with van der Waals surface area (Å²) in [6.07, 6.45) is 11.2. The molecule has 0 amide bonds. The molecule has 0 aliphatic rings. The predicted molar refractivity (Wildman–Crippen MR) is 81.0 cm³/mol. The first-order valence-corrected chi connectivity index (χ1v) is 7.79. The number of halogens is 1. The van der Waals surface area contributed by atoms with Gasteiger partial charge in [-0.05, 0) is 28.8 Å². The quantitative estimate of drug-likeness (QED) is 0.632. The van der Waals surface area contributed by atoms with Crippen LogP contribution in [0.15, 0.2) is 16.9 Å². The van der Waals surface area contributed by atoms with Crippen LogP contribution in [-0.2, 0) is 0 Å². The summed E-state index contributed by atoms with van der Waals surface area (Å²) in [4.78, 5) is 11.1. The molecule has 1 aromatic rings. The van der Waals surface area contributed by atoms with Gasteiger partial charge in [0, 0.05) is 25.5 Å². The molecule has 0 saturated heterocycles. The van der Waals surface area contributed by atoms with Crippen molar-refractivity contribution in [2.24, 2.45) is 0 Å². The number of aromatic nitrogens is 2. The van der Waals surface area contributed by atoms with Gasteiger partial charge in [0.25, 0.3) is 0 Å². The summed E-state index contributed by atoms with van der Waals surface area (Å²) in [5.74, 6) is 0.866. The third-order valence-electron chi connectivity index (χ3n) is 2.95. The molecule has 0 unspecified atom stereocenters. The Morgan fingerprint density at radius 3 is 1.89 bits per heavy atom. The molecule has 1 aromatic heterocycles. The van der Waals surface area contributed by atoms with Crippen molar-refractivity contribution in [3.63, 3.8) is 0 Å². The highest BCUT2D eigenvalue weighted by molar-refractivity contribution is 9.10. The van der Waals surface area contributed by atoms with Crippen molar-refractivity contribution in [3.05, 3.63) is 16.9 Å². The maximum Gasteiger partial charge on any atom is 0.225 e. The smallest absolute Gasteiger partial charge is 0.225 e. The van der Waals surface area contributed by atoms with Gasteiger partial charge in [0.15, 0.2) is 0 Å². The largest absolute Gasteiger partial charge is 0.341 e. The molecule has 18 heavy (non-hydrogen) atoms. The molecule has 0 aromatic carbocycles. The fourth-order valence-electron chi connectivity index (χ4n) is 1.89. The Bertz CT molecular complexity index is 303. The number of rotatable bonds is 9. The van der Waals surface area contributed by atoms with Gasteiger partial charge in [0.05, 0.1) is 4.47 Å². The maximum atomic E-state index is 4.40. The van der Waals surface area contributed by atoms with Crippen molar-refractivity contribution in [1.29, 1.82) is 0 Å². The van der Waals surface area contributed by atoms with Gasteiger partial charge in [-0.2, -0.15) is 0 Å². The third-order valence-corrected chi connectivity index (χ3v) is 3.36. The molecule has 0 aliphatic carbocycles. The van der Waals surface area contributed by atoms with Gasteiger partial charge in [-0.3, -0.25) is 0 Å². The minimum Gasteiger partial charge on any atom is -0.341 e.